The number of rotatable bonds is 7. The number of aromatic carboxylic acids is 1. The van der Waals surface area contributed by atoms with E-state index in [0.717, 1.165) is 12.0 Å². The Kier molecular flexibility index (Phi) is 5.80. The number of benzene rings is 1. The number of carboxylic acids is 1. The second-order valence-electron chi connectivity index (χ2n) is 8.47. The predicted octanol–water partition coefficient (Wildman–Crippen LogP) is 3.49. The SMILES string of the molecule is CCOC(=O)C1=C(CCc2ccc(F)cc2)Nc2c(c(=O)n3n2CCC3)C1c1ccc(C(=O)O)o1. The number of aryl methyl sites for hydroxylation is 1. The Morgan fingerprint density at radius 2 is 1.89 bits per heavy atom. The average Bonchev–Trinajstić information content (AvgIpc) is 3.57. The van der Waals surface area contributed by atoms with Crippen molar-refractivity contribution in [1.29, 1.82) is 0 Å². The first-order valence-electron chi connectivity index (χ1n) is 11.5. The van der Waals surface area contributed by atoms with Crippen molar-refractivity contribution >= 4 is 17.8 Å². The molecule has 2 aliphatic rings. The number of carboxylic acid groups (broad SMARTS) is 1. The molecule has 2 aromatic heterocycles. The second kappa shape index (κ2) is 8.94. The van der Waals surface area contributed by atoms with Crippen LogP contribution < -0.4 is 10.9 Å². The Morgan fingerprint density at radius 3 is 2.57 bits per heavy atom. The standard InChI is InChI=1S/C25H24FN3O6/c1-2-34-25(33)19-16(9-6-14-4-7-15(26)8-5-14)27-22-21(23(30)29-13-3-12-28(22)29)20(19)17-10-11-18(35-17)24(31)32/h4-5,7-8,10-11,20,27H,2-3,6,9,12-13H2,1H3,(H,31,32). The van der Waals surface area contributed by atoms with E-state index in [1.54, 1.807) is 23.7 Å². The highest BCUT2D eigenvalue weighted by molar-refractivity contribution is 5.94. The number of allylic oxidation sites excluding steroid dienone is 1. The number of hydrogen-bond donors (Lipinski definition) is 2. The zero-order valence-corrected chi connectivity index (χ0v) is 19.0. The molecule has 0 radical (unpaired) electrons. The van der Waals surface area contributed by atoms with Crippen LogP contribution in [0.25, 0.3) is 0 Å². The summed E-state index contributed by atoms with van der Waals surface area (Å²) in [4.78, 5) is 38.1. The Morgan fingerprint density at radius 1 is 1.14 bits per heavy atom. The van der Waals surface area contributed by atoms with Crippen LogP contribution in [0.2, 0.25) is 0 Å². The maximum absolute atomic E-state index is 13.4. The number of halogens is 1. The fraction of sp³-hybridized carbons (Fsp3) is 0.320. The van der Waals surface area contributed by atoms with Gasteiger partial charge >= 0.3 is 11.9 Å². The third kappa shape index (κ3) is 3.94. The van der Waals surface area contributed by atoms with Gasteiger partial charge in [-0.25, -0.2) is 18.7 Å². The average molecular weight is 481 g/mol. The lowest BCUT2D eigenvalue weighted by Crippen LogP contribution is -2.29. The minimum Gasteiger partial charge on any atom is -0.475 e. The van der Waals surface area contributed by atoms with E-state index >= 15 is 0 Å². The Hall–Kier alpha value is -4.08. The highest BCUT2D eigenvalue weighted by Crippen LogP contribution is 2.43. The van der Waals surface area contributed by atoms with E-state index in [0.29, 0.717) is 43.0 Å². The maximum Gasteiger partial charge on any atom is 0.371 e. The van der Waals surface area contributed by atoms with Crippen LogP contribution in [0.3, 0.4) is 0 Å². The lowest BCUT2D eigenvalue weighted by Gasteiger charge is -2.28. The van der Waals surface area contributed by atoms with Crippen molar-refractivity contribution < 1.29 is 28.2 Å². The molecule has 2 N–H and O–H groups in total. The topological polar surface area (TPSA) is 116 Å². The lowest BCUT2D eigenvalue weighted by atomic mass is 9.84. The number of aromatic nitrogens is 2. The Balaban J connectivity index is 1.66. The molecule has 0 bridgehead atoms. The fourth-order valence-electron chi connectivity index (χ4n) is 4.83. The van der Waals surface area contributed by atoms with Crippen LogP contribution in [0.5, 0.6) is 0 Å². The fourth-order valence-corrected chi connectivity index (χ4v) is 4.83. The van der Waals surface area contributed by atoms with E-state index in [1.807, 2.05) is 4.68 Å². The molecule has 0 aliphatic carbocycles. The third-order valence-corrected chi connectivity index (χ3v) is 6.38. The molecular formula is C25H24FN3O6. The molecule has 10 heteroatoms. The first kappa shape index (κ1) is 22.7. The number of furan rings is 1. The van der Waals surface area contributed by atoms with Gasteiger partial charge in [-0.05, 0) is 56.0 Å². The van der Waals surface area contributed by atoms with Crippen LogP contribution in [0, 0.1) is 5.82 Å². The molecule has 1 unspecified atom stereocenters. The molecule has 1 aromatic carbocycles. The molecule has 35 heavy (non-hydrogen) atoms. The molecular weight excluding hydrogens is 457 g/mol. The van der Waals surface area contributed by atoms with Gasteiger partial charge in [0.15, 0.2) is 0 Å². The molecule has 4 heterocycles. The van der Waals surface area contributed by atoms with Crippen molar-refractivity contribution in [2.45, 2.75) is 45.2 Å². The quantitative estimate of drug-likeness (QED) is 0.496. The molecule has 5 rings (SSSR count). The van der Waals surface area contributed by atoms with Crippen LogP contribution in [-0.2, 0) is 29.0 Å². The molecule has 1 atom stereocenters. The molecule has 0 fully saturated rings. The van der Waals surface area contributed by atoms with Gasteiger partial charge in [0, 0.05) is 18.8 Å². The Labute approximate surface area is 199 Å². The zero-order valence-electron chi connectivity index (χ0n) is 19.0. The van der Waals surface area contributed by atoms with E-state index in [2.05, 4.69) is 5.32 Å². The van der Waals surface area contributed by atoms with Gasteiger partial charge in [-0.1, -0.05) is 12.1 Å². The van der Waals surface area contributed by atoms with Gasteiger partial charge in [-0.3, -0.25) is 9.48 Å². The van der Waals surface area contributed by atoms with E-state index in [9.17, 15) is 23.9 Å². The normalized spacial score (nSPS) is 16.6. The highest BCUT2D eigenvalue weighted by atomic mass is 19.1. The largest absolute Gasteiger partial charge is 0.475 e. The molecule has 0 saturated carbocycles. The predicted molar refractivity (Wildman–Crippen MR) is 123 cm³/mol. The minimum atomic E-state index is -1.25. The number of esters is 1. The van der Waals surface area contributed by atoms with E-state index in [-0.39, 0.29) is 35.1 Å². The number of carbonyl (C=O) groups excluding carboxylic acids is 1. The number of nitrogens with zero attached hydrogens (tertiary/aromatic N) is 2. The number of nitrogens with one attached hydrogen (secondary N) is 1. The van der Waals surface area contributed by atoms with Gasteiger partial charge in [-0.2, -0.15) is 0 Å². The number of anilines is 1. The zero-order chi connectivity index (χ0) is 24.7. The van der Waals surface area contributed by atoms with Crippen molar-refractivity contribution in [3.05, 3.63) is 86.5 Å². The van der Waals surface area contributed by atoms with Crippen molar-refractivity contribution in [3.8, 4) is 0 Å². The number of ether oxygens (including phenoxy) is 1. The minimum absolute atomic E-state index is 0.122. The summed E-state index contributed by atoms with van der Waals surface area (Å²) in [6, 6.07) is 8.90. The first-order valence-corrected chi connectivity index (χ1v) is 11.5. The number of hydrogen-bond acceptors (Lipinski definition) is 6. The van der Waals surface area contributed by atoms with Crippen LogP contribution in [0.1, 0.15) is 53.1 Å². The van der Waals surface area contributed by atoms with Crippen LogP contribution in [0.4, 0.5) is 10.2 Å². The molecule has 9 nitrogen and oxygen atoms in total. The van der Waals surface area contributed by atoms with Gasteiger partial charge in [0.25, 0.3) is 5.56 Å². The van der Waals surface area contributed by atoms with E-state index < -0.39 is 17.9 Å². The summed E-state index contributed by atoms with van der Waals surface area (Å²) in [6.45, 7) is 2.97. The van der Waals surface area contributed by atoms with Gasteiger partial charge in [-0.15, -0.1) is 0 Å². The molecule has 3 aromatic rings. The Bertz CT molecular complexity index is 1400. The maximum atomic E-state index is 13.4. The summed E-state index contributed by atoms with van der Waals surface area (Å²) in [5, 5.41) is 12.7. The van der Waals surface area contributed by atoms with Gasteiger partial charge in [0.05, 0.1) is 23.7 Å². The summed E-state index contributed by atoms with van der Waals surface area (Å²) in [6.07, 6.45) is 1.68. The van der Waals surface area contributed by atoms with E-state index in [1.165, 1.54) is 24.3 Å². The molecule has 2 aliphatic heterocycles. The van der Waals surface area contributed by atoms with Crippen molar-refractivity contribution in [3.63, 3.8) is 0 Å². The van der Waals surface area contributed by atoms with Gasteiger partial charge in [0.2, 0.25) is 5.76 Å². The summed E-state index contributed by atoms with van der Waals surface area (Å²) >= 11 is 0. The highest BCUT2D eigenvalue weighted by Gasteiger charge is 2.42. The lowest BCUT2D eigenvalue weighted by molar-refractivity contribution is -0.138. The van der Waals surface area contributed by atoms with Crippen molar-refractivity contribution in [2.24, 2.45) is 0 Å². The van der Waals surface area contributed by atoms with Crippen molar-refractivity contribution in [1.82, 2.24) is 9.36 Å². The smallest absolute Gasteiger partial charge is 0.371 e. The van der Waals surface area contributed by atoms with Gasteiger partial charge < -0.3 is 19.6 Å². The van der Waals surface area contributed by atoms with Gasteiger partial charge in [0.1, 0.15) is 17.4 Å². The molecule has 0 amide bonds. The monoisotopic (exact) mass is 481 g/mol. The first-order chi connectivity index (χ1) is 16.9. The van der Waals surface area contributed by atoms with Crippen LogP contribution in [-0.4, -0.2) is 33.0 Å². The van der Waals surface area contributed by atoms with E-state index in [4.69, 9.17) is 9.15 Å². The van der Waals surface area contributed by atoms with Crippen molar-refractivity contribution in [2.75, 3.05) is 11.9 Å². The third-order valence-electron chi connectivity index (χ3n) is 6.38. The summed E-state index contributed by atoms with van der Waals surface area (Å²) in [5.74, 6) is -2.69. The summed E-state index contributed by atoms with van der Waals surface area (Å²) in [7, 11) is 0. The molecule has 182 valence electrons. The molecule has 0 saturated heterocycles. The molecule has 0 spiro atoms. The second-order valence-corrected chi connectivity index (χ2v) is 8.47. The number of fused-ring (bicyclic) bond motifs is 3. The number of carbonyl (C=O) groups is 2. The van der Waals surface area contributed by atoms with Crippen LogP contribution >= 0.6 is 0 Å². The van der Waals surface area contributed by atoms with Crippen LogP contribution in [0.15, 0.2) is 56.9 Å². The summed E-state index contributed by atoms with van der Waals surface area (Å²) < 4.78 is 27.8. The summed E-state index contributed by atoms with van der Waals surface area (Å²) in [5.41, 5.74) is 1.69.